The van der Waals surface area contributed by atoms with E-state index >= 15 is 0 Å². The second kappa shape index (κ2) is 10.3. The molecule has 2 N–H and O–H groups in total. The van der Waals surface area contributed by atoms with E-state index in [1.54, 1.807) is 6.92 Å². The Morgan fingerprint density at radius 3 is 2.44 bits per heavy atom. The zero-order valence-electron chi connectivity index (χ0n) is 11.8. The fraction of sp³-hybridized carbons (Fsp3) is 0.929. The Kier molecular flexibility index (Phi) is 9.98. The smallest absolute Gasteiger partial charge is 0.305 e. The summed E-state index contributed by atoms with van der Waals surface area (Å²) < 4.78 is 5.05. The van der Waals surface area contributed by atoms with Crippen molar-refractivity contribution in [2.75, 3.05) is 13.2 Å². The van der Waals surface area contributed by atoms with Crippen LogP contribution in [0.2, 0.25) is 0 Å². The van der Waals surface area contributed by atoms with Gasteiger partial charge in [0.15, 0.2) is 0 Å². The van der Waals surface area contributed by atoms with Crippen molar-refractivity contribution >= 4 is 5.97 Å². The molecule has 0 aliphatic carbocycles. The second-order valence-electron chi connectivity index (χ2n) is 5.11. The molecule has 0 aliphatic heterocycles. The van der Waals surface area contributed by atoms with Crippen molar-refractivity contribution in [1.29, 1.82) is 0 Å². The lowest BCUT2D eigenvalue weighted by Gasteiger charge is -2.21. The average molecular weight is 260 g/mol. The van der Waals surface area contributed by atoms with Crippen molar-refractivity contribution in [1.82, 2.24) is 0 Å². The molecule has 0 heterocycles. The Morgan fingerprint density at radius 2 is 1.83 bits per heavy atom. The van der Waals surface area contributed by atoms with Crippen LogP contribution < -0.4 is 0 Å². The highest BCUT2D eigenvalue weighted by Gasteiger charge is 2.19. The predicted octanol–water partition coefficient (Wildman–Crippen LogP) is 2.41. The molecule has 108 valence electrons. The van der Waals surface area contributed by atoms with E-state index in [1.165, 1.54) is 19.3 Å². The highest BCUT2D eigenvalue weighted by molar-refractivity contribution is 5.69. The third-order valence-electron chi connectivity index (χ3n) is 3.04. The van der Waals surface area contributed by atoms with E-state index in [0.717, 1.165) is 12.8 Å². The molecule has 4 nitrogen and oxygen atoms in total. The minimum Gasteiger partial charge on any atom is -0.466 e. The van der Waals surface area contributed by atoms with Crippen LogP contribution in [-0.2, 0) is 9.53 Å². The summed E-state index contributed by atoms with van der Waals surface area (Å²) in [6.07, 6.45) is 6.69. The quantitative estimate of drug-likeness (QED) is 0.442. The van der Waals surface area contributed by atoms with Crippen LogP contribution in [0.25, 0.3) is 0 Å². The van der Waals surface area contributed by atoms with Gasteiger partial charge in [0.25, 0.3) is 0 Å². The van der Waals surface area contributed by atoms with Gasteiger partial charge in [-0.05, 0) is 19.8 Å². The minimum absolute atomic E-state index is 0.0572. The van der Waals surface area contributed by atoms with Crippen molar-refractivity contribution in [3.05, 3.63) is 0 Å². The average Bonchev–Trinajstić information content (AvgIpc) is 2.28. The van der Waals surface area contributed by atoms with Crippen molar-refractivity contribution in [2.24, 2.45) is 0 Å². The number of esters is 1. The summed E-state index contributed by atoms with van der Waals surface area (Å²) in [6.45, 7) is 3.97. The van der Waals surface area contributed by atoms with Gasteiger partial charge in [-0.25, -0.2) is 0 Å². The van der Waals surface area contributed by atoms with Gasteiger partial charge in [-0.3, -0.25) is 4.79 Å². The van der Waals surface area contributed by atoms with Crippen LogP contribution >= 0.6 is 0 Å². The van der Waals surface area contributed by atoms with Crippen LogP contribution in [0.15, 0.2) is 0 Å². The summed E-state index contributed by atoms with van der Waals surface area (Å²) in [5, 5.41) is 18.5. The molecule has 0 amide bonds. The molecule has 0 rings (SSSR count). The van der Waals surface area contributed by atoms with E-state index in [2.05, 4.69) is 6.92 Å². The first kappa shape index (κ1) is 17.4. The lowest BCUT2D eigenvalue weighted by Crippen LogP contribution is -2.27. The van der Waals surface area contributed by atoms with Gasteiger partial charge in [0.1, 0.15) is 0 Å². The molecule has 0 aromatic heterocycles. The molecule has 0 fully saturated rings. The lowest BCUT2D eigenvalue weighted by atomic mass is 9.99. The molecule has 1 atom stereocenters. The molecule has 0 saturated heterocycles. The topological polar surface area (TPSA) is 66.8 Å². The zero-order chi connectivity index (χ0) is 13.9. The summed E-state index contributed by atoms with van der Waals surface area (Å²) in [4.78, 5) is 11.4. The first-order valence-electron chi connectivity index (χ1n) is 7.00. The van der Waals surface area contributed by atoms with E-state index in [0.29, 0.717) is 19.3 Å². The molecule has 0 spiro atoms. The number of hydrogen-bond donors (Lipinski definition) is 2. The first-order valence-corrected chi connectivity index (χ1v) is 7.00. The third-order valence-corrected chi connectivity index (χ3v) is 3.04. The molecule has 18 heavy (non-hydrogen) atoms. The van der Waals surface area contributed by atoms with Crippen molar-refractivity contribution in [3.8, 4) is 0 Å². The lowest BCUT2D eigenvalue weighted by molar-refractivity contribution is -0.145. The summed E-state index contributed by atoms with van der Waals surface area (Å²) in [6, 6.07) is 0. The maximum Gasteiger partial charge on any atom is 0.305 e. The molecule has 0 bridgehead atoms. The van der Waals surface area contributed by atoms with Crippen LogP contribution in [-0.4, -0.2) is 35.0 Å². The molecule has 0 aromatic carbocycles. The molecule has 4 heteroatoms. The van der Waals surface area contributed by atoms with Gasteiger partial charge in [0.2, 0.25) is 0 Å². The standard InChI is InChI=1S/C14H28O4/c1-3-4-5-6-7-8-13(16)18-12-10-14(2,17)9-11-15/h15,17H,3-12H2,1-2H3. The normalized spacial score (nSPS) is 14.2. The first-order chi connectivity index (χ1) is 8.52. The van der Waals surface area contributed by atoms with Gasteiger partial charge in [0, 0.05) is 19.4 Å². The Balaban J connectivity index is 3.47. The van der Waals surface area contributed by atoms with Gasteiger partial charge in [0.05, 0.1) is 12.2 Å². The van der Waals surface area contributed by atoms with Crippen LogP contribution in [0.5, 0.6) is 0 Å². The summed E-state index contributed by atoms with van der Waals surface area (Å²) in [5.41, 5.74) is -0.948. The van der Waals surface area contributed by atoms with Crippen LogP contribution in [0, 0.1) is 0 Å². The number of unbranched alkanes of at least 4 members (excludes halogenated alkanes) is 4. The Bertz CT molecular complexity index is 214. The van der Waals surface area contributed by atoms with Gasteiger partial charge in [-0.1, -0.05) is 32.6 Å². The fourth-order valence-corrected chi connectivity index (χ4v) is 1.70. The zero-order valence-corrected chi connectivity index (χ0v) is 11.8. The number of aliphatic hydroxyl groups excluding tert-OH is 1. The molecule has 0 radical (unpaired) electrons. The number of carbonyl (C=O) groups excluding carboxylic acids is 1. The molecule has 0 aromatic rings. The molecule has 0 aliphatic rings. The van der Waals surface area contributed by atoms with E-state index < -0.39 is 5.60 Å². The van der Waals surface area contributed by atoms with E-state index in [4.69, 9.17) is 9.84 Å². The van der Waals surface area contributed by atoms with Crippen LogP contribution in [0.3, 0.4) is 0 Å². The maximum absolute atomic E-state index is 11.4. The number of carbonyl (C=O) groups is 1. The van der Waals surface area contributed by atoms with Gasteiger partial charge in [-0.2, -0.15) is 0 Å². The highest BCUT2D eigenvalue weighted by Crippen LogP contribution is 2.14. The third kappa shape index (κ3) is 10.5. The number of aliphatic hydroxyl groups is 2. The van der Waals surface area contributed by atoms with Crippen LogP contribution in [0.4, 0.5) is 0 Å². The SMILES string of the molecule is CCCCCCCC(=O)OCCC(C)(O)CCO. The van der Waals surface area contributed by atoms with E-state index in [9.17, 15) is 9.90 Å². The molecule has 1 unspecified atom stereocenters. The van der Waals surface area contributed by atoms with E-state index in [-0.39, 0.29) is 19.2 Å². The monoisotopic (exact) mass is 260 g/mol. The summed E-state index contributed by atoms with van der Waals surface area (Å²) >= 11 is 0. The fourth-order valence-electron chi connectivity index (χ4n) is 1.70. The van der Waals surface area contributed by atoms with Gasteiger partial charge in [-0.15, -0.1) is 0 Å². The number of rotatable bonds is 11. The Hall–Kier alpha value is -0.610. The Labute approximate surface area is 110 Å². The minimum atomic E-state index is -0.948. The van der Waals surface area contributed by atoms with Gasteiger partial charge < -0.3 is 14.9 Å². The summed E-state index contributed by atoms with van der Waals surface area (Å²) in [7, 11) is 0. The second-order valence-corrected chi connectivity index (χ2v) is 5.11. The van der Waals surface area contributed by atoms with Crippen molar-refractivity contribution in [2.45, 2.75) is 70.8 Å². The molecular formula is C14H28O4. The van der Waals surface area contributed by atoms with Crippen molar-refractivity contribution < 1.29 is 19.7 Å². The molecular weight excluding hydrogens is 232 g/mol. The summed E-state index contributed by atoms with van der Waals surface area (Å²) in [5.74, 6) is -0.189. The Morgan fingerprint density at radius 1 is 1.17 bits per heavy atom. The largest absolute Gasteiger partial charge is 0.466 e. The van der Waals surface area contributed by atoms with E-state index in [1.807, 2.05) is 0 Å². The van der Waals surface area contributed by atoms with Crippen molar-refractivity contribution in [3.63, 3.8) is 0 Å². The number of hydrogen-bond acceptors (Lipinski definition) is 4. The number of ether oxygens (including phenoxy) is 1. The molecule has 0 saturated carbocycles. The highest BCUT2D eigenvalue weighted by atomic mass is 16.5. The van der Waals surface area contributed by atoms with Gasteiger partial charge >= 0.3 is 5.97 Å². The maximum atomic E-state index is 11.4. The predicted molar refractivity (Wildman–Crippen MR) is 71.3 cm³/mol. The van der Waals surface area contributed by atoms with Crippen LogP contribution in [0.1, 0.15) is 65.2 Å².